The van der Waals surface area contributed by atoms with Gasteiger partial charge in [0.25, 0.3) is 11.4 Å². The number of nitrogens with zero attached hydrogens (tertiary/aromatic N) is 2. The smallest absolute Gasteiger partial charge is 0.258 e. The van der Waals surface area contributed by atoms with Crippen molar-refractivity contribution >= 4 is 50.5 Å². The number of benzene rings is 2. The molecule has 0 aliphatic rings. The van der Waals surface area contributed by atoms with Gasteiger partial charge in [-0.3, -0.25) is 20.2 Å². The number of halogens is 3. The molecule has 6 nitrogen and oxygen atoms in total. The normalized spacial score (nSPS) is 10.6. The summed E-state index contributed by atoms with van der Waals surface area (Å²) in [6.07, 6.45) is -0.0382. The molecule has 23 heavy (non-hydrogen) atoms. The third kappa shape index (κ3) is 3.63. The maximum atomic E-state index is 11.4. The zero-order valence-electron chi connectivity index (χ0n) is 11.5. The van der Waals surface area contributed by atoms with Crippen LogP contribution < -0.4 is 0 Å². The van der Waals surface area contributed by atoms with Gasteiger partial charge in [0.1, 0.15) is 0 Å². The fraction of sp³-hybridized carbons (Fsp3) is 0.143. The molecule has 0 N–H and O–H groups in total. The van der Waals surface area contributed by atoms with Gasteiger partial charge in [-0.2, -0.15) is 0 Å². The highest BCUT2D eigenvalue weighted by Gasteiger charge is 2.25. The van der Waals surface area contributed by atoms with Crippen LogP contribution in [0.4, 0.5) is 11.4 Å². The molecule has 0 unspecified atom stereocenters. The Bertz CT molecular complexity index is 799. The predicted octanol–water partition coefficient (Wildman–Crippen LogP) is 5.30. The number of nitro benzene ring substituents is 2. The van der Waals surface area contributed by atoms with Crippen molar-refractivity contribution in [2.45, 2.75) is 11.8 Å². The zero-order chi connectivity index (χ0) is 17.1. The molecule has 0 spiro atoms. The molecule has 2 aromatic rings. The molecule has 0 aliphatic carbocycles. The van der Waals surface area contributed by atoms with Gasteiger partial charge in [0.2, 0.25) is 0 Å². The molecule has 0 atom stereocenters. The van der Waals surface area contributed by atoms with Gasteiger partial charge < -0.3 is 0 Å². The monoisotopic (exact) mass is 418 g/mol. The summed E-state index contributed by atoms with van der Waals surface area (Å²) in [5, 5.41) is 23.2. The first kappa shape index (κ1) is 17.7. The van der Waals surface area contributed by atoms with E-state index in [0.29, 0.717) is 11.1 Å². The molecule has 0 saturated carbocycles. The van der Waals surface area contributed by atoms with E-state index in [1.54, 1.807) is 0 Å². The summed E-state index contributed by atoms with van der Waals surface area (Å²) < 4.78 is 0. The van der Waals surface area contributed by atoms with Gasteiger partial charge in [-0.05, 0) is 12.1 Å². The lowest BCUT2D eigenvalue weighted by molar-refractivity contribution is -0.386. The topological polar surface area (TPSA) is 86.3 Å². The highest BCUT2D eigenvalue weighted by atomic mass is 79.9. The number of alkyl halides is 1. The average Bonchev–Trinajstić information content (AvgIpc) is 2.49. The van der Waals surface area contributed by atoms with Crippen LogP contribution >= 0.6 is 39.1 Å². The summed E-state index contributed by atoms with van der Waals surface area (Å²) in [6, 6.07) is 7.30. The van der Waals surface area contributed by atoms with Gasteiger partial charge in [0, 0.05) is 23.4 Å². The van der Waals surface area contributed by atoms with Gasteiger partial charge in [-0.25, -0.2) is 0 Å². The molecule has 0 saturated heterocycles. The second-order valence-corrected chi connectivity index (χ2v) is 5.97. The van der Waals surface area contributed by atoms with Crippen molar-refractivity contribution in [2.24, 2.45) is 0 Å². The number of hydrogen-bond acceptors (Lipinski definition) is 4. The predicted molar refractivity (Wildman–Crippen MR) is 91.6 cm³/mol. The van der Waals surface area contributed by atoms with Crippen LogP contribution in [0.2, 0.25) is 10.0 Å². The molecule has 9 heteroatoms. The molecule has 0 aliphatic heterocycles. The van der Waals surface area contributed by atoms with E-state index in [1.807, 2.05) is 0 Å². The lowest BCUT2D eigenvalue weighted by Gasteiger charge is -2.10. The van der Waals surface area contributed by atoms with Gasteiger partial charge >= 0.3 is 0 Å². The van der Waals surface area contributed by atoms with Crippen LogP contribution in [-0.4, -0.2) is 9.85 Å². The van der Waals surface area contributed by atoms with E-state index >= 15 is 0 Å². The second-order valence-electron chi connectivity index (χ2n) is 4.60. The van der Waals surface area contributed by atoms with E-state index in [4.69, 9.17) is 23.2 Å². The van der Waals surface area contributed by atoms with Gasteiger partial charge in [-0.1, -0.05) is 51.3 Å². The van der Waals surface area contributed by atoms with Crippen molar-refractivity contribution in [1.82, 2.24) is 0 Å². The highest BCUT2D eigenvalue weighted by molar-refractivity contribution is 9.08. The Morgan fingerprint density at radius 1 is 0.957 bits per heavy atom. The fourth-order valence-electron chi connectivity index (χ4n) is 2.24. The van der Waals surface area contributed by atoms with Crippen molar-refractivity contribution in [3.63, 3.8) is 0 Å². The summed E-state index contributed by atoms with van der Waals surface area (Å²) >= 11 is 15.2. The molecule has 2 aromatic carbocycles. The molecule has 0 heterocycles. The fourth-order valence-corrected chi connectivity index (χ4v) is 3.43. The van der Waals surface area contributed by atoms with E-state index in [2.05, 4.69) is 15.9 Å². The van der Waals surface area contributed by atoms with Gasteiger partial charge in [-0.15, -0.1) is 0 Å². The second kappa shape index (κ2) is 7.25. The Labute approximate surface area is 149 Å². The Hall–Kier alpha value is -1.70. The third-order valence-electron chi connectivity index (χ3n) is 3.28. The SMILES string of the molecule is O=[N+]([O-])c1cccc(Cl)c1Cc1ccc(Cl)c(CBr)c1[N+](=O)[O-]. The summed E-state index contributed by atoms with van der Waals surface area (Å²) in [5.41, 5.74) is 0.518. The Morgan fingerprint density at radius 2 is 1.61 bits per heavy atom. The van der Waals surface area contributed by atoms with Crippen LogP contribution in [0.1, 0.15) is 16.7 Å². The van der Waals surface area contributed by atoms with Crippen LogP contribution in [0.3, 0.4) is 0 Å². The molecule has 0 aromatic heterocycles. The quantitative estimate of drug-likeness (QED) is 0.374. The first-order valence-corrected chi connectivity index (χ1v) is 8.17. The molecule has 0 fully saturated rings. The van der Waals surface area contributed by atoms with E-state index in [1.165, 1.54) is 30.3 Å². The zero-order valence-corrected chi connectivity index (χ0v) is 14.6. The van der Waals surface area contributed by atoms with Crippen LogP contribution in [-0.2, 0) is 11.8 Å². The Balaban J connectivity index is 2.63. The number of rotatable bonds is 5. The summed E-state index contributed by atoms with van der Waals surface area (Å²) in [6.45, 7) is 0. The van der Waals surface area contributed by atoms with Crippen LogP contribution in [0.5, 0.6) is 0 Å². The van der Waals surface area contributed by atoms with E-state index in [9.17, 15) is 20.2 Å². The number of nitro groups is 2. The van der Waals surface area contributed by atoms with Crippen LogP contribution in [0.25, 0.3) is 0 Å². The van der Waals surface area contributed by atoms with Gasteiger partial charge in [0.05, 0.1) is 31.0 Å². The van der Waals surface area contributed by atoms with Crippen LogP contribution in [0.15, 0.2) is 30.3 Å². The molecule has 0 radical (unpaired) electrons. The minimum atomic E-state index is -0.561. The molecule has 0 bridgehead atoms. The largest absolute Gasteiger partial charge is 0.278 e. The lowest BCUT2D eigenvalue weighted by atomic mass is 9.99. The summed E-state index contributed by atoms with van der Waals surface area (Å²) in [5.74, 6) is 0. The average molecular weight is 420 g/mol. The van der Waals surface area contributed by atoms with E-state index in [-0.39, 0.29) is 38.7 Å². The Kier molecular flexibility index (Phi) is 5.56. The maximum absolute atomic E-state index is 11.4. The van der Waals surface area contributed by atoms with E-state index < -0.39 is 9.85 Å². The van der Waals surface area contributed by atoms with E-state index in [0.717, 1.165) is 0 Å². The highest BCUT2D eigenvalue weighted by Crippen LogP contribution is 2.36. The maximum Gasteiger partial charge on any atom is 0.278 e. The van der Waals surface area contributed by atoms with Crippen LogP contribution in [0, 0.1) is 20.2 Å². The number of hydrogen-bond donors (Lipinski definition) is 0. The van der Waals surface area contributed by atoms with Gasteiger partial charge in [0.15, 0.2) is 0 Å². The first-order valence-electron chi connectivity index (χ1n) is 6.29. The Morgan fingerprint density at radius 3 is 2.17 bits per heavy atom. The minimum absolute atomic E-state index is 0.0382. The van der Waals surface area contributed by atoms with Crippen molar-refractivity contribution in [1.29, 1.82) is 0 Å². The van der Waals surface area contributed by atoms with Crippen molar-refractivity contribution in [3.8, 4) is 0 Å². The first-order chi connectivity index (χ1) is 10.9. The molecular weight excluding hydrogens is 411 g/mol. The summed E-state index contributed by atoms with van der Waals surface area (Å²) in [4.78, 5) is 21.4. The van der Waals surface area contributed by atoms with Crippen molar-refractivity contribution in [3.05, 3.63) is 77.3 Å². The molecule has 120 valence electrons. The molecule has 2 rings (SSSR count). The lowest BCUT2D eigenvalue weighted by Crippen LogP contribution is -2.03. The standard InChI is InChI=1S/C14H9BrCl2N2O4/c15-7-10-12(17)5-4-8(14(10)19(22)23)6-9-11(16)2-1-3-13(9)18(20)21/h1-5H,6-7H2. The molecule has 0 amide bonds. The van der Waals surface area contributed by atoms with Crippen molar-refractivity contribution < 1.29 is 9.85 Å². The molecular formula is C14H9BrCl2N2O4. The minimum Gasteiger partial charge on any atom is -0.258 e. The summed E-state index contributed by atoms with van der Waals surface area (Å²) in [7, 11) is 0. The third-order valence-corrected chi connectivity index (χ3v) is 4.55. The van der Waals surface area contributed by atoms with Crippen molar-refractivity contribution in [2.75, 3.05) is 0 Å².